The second kappa shape index (κ2) is 6.22. The molecule has 0 radical (unpaired) electrons. The zero-order valence-electron chi connectivity index (χ0n) is 11.5. The summed E-state index contributed by atoms with van der Waals surface area (Å²) < 4.78 is 14.7. The van der Waals surface area contributed by atoms with E-state index in [-0.39, 0.29) is 0 Å². The van der Waals surface area contributed by atoms with Crippen molar-refractivity contribution in [3.05, 3.63) is 35.9 Å². The molecule has 0 aliphatic heterocycles. The Morgan fingerprint density at radius 1 is 1.05 bits per heavy atom. The summed E-state index contributed by atoms with van der Waals surface area (Å²) in [5.74, 6) is -0.559. The van der Waals surface area contributed by atoms with Crippen LogP contribution < -0.4 is 0 Å². The van der Waals surface area contributed by atoms with E-state index >= 15 is 0 Å². The van der Waals surface area contributed by atoms with Crippen LogP contribution in [0.15, 0.2) is 30.3 Å². The maximum Gasteiger partial charge on any atom is 0.511 e. The Labute approximate surface area is 112 Å². The van der Waals surface area contributed by atoms with Gasteiger partial charge in [-0.3, -0.25) is 0 Å². The standard InChI is InChI=1S/C14H18O5/c1-10(18-13(16)19-14(2,3)4)17-12(15)11-8-6-5-7-9-11/h5-10H,1-4H3. The molecule has 1 unspecified atom stereocenters. The van der Waals surface area contributed by atoms with Crippen LogP contribution in [0.25, 0.3) is 0 Å². The third-order valence-electron chi connectivity index (χ3n) is 1.93. The molecule has 0 aromatic heterocycles. The van der Waals surface area contributed by atoms with Crippen molar-refractivity contribution >= 4 is 12.1 Å². The molecule has 0 bridgehead atoms. The molecule has 0 fully saturated rings. The number of rotatable bonds is 3. The number of benzene rings is 1. The van der Waals surface area contributed by atoms with Gasteiger partial charge in [0.1, 0.15) is 5.60 Å². The van der Waals surface area contributed by atoms with E-state index in [1.807, 2.05) is 0 Å². The van der Waals surface area contributed by atoms with Crippen molar-refractivity contribution in [1.82, 2.24) is 0 Å². The van der Waals surface area contributed by atoms with E-state index in [9.17, 15) is 9.59 Å². The lowest BCUT2D eigenvalue weighted by atomic mass is 10.2. The molecule has 0 spiro atoms. The number of esters is 1. The molecule has 104 valence electrons. The zero-order valence-corrected chi connectivity index (χ0v) is 11.5. The predicted molar refractivity (Wildman–Crippen MR) is 68.6 cm³/mol. The minimum atomic E-state index is -1.01. The lowest BCUT2D eigenvalue weighted by Gasteiger charge is -2.20. The van der Waals surface area contributed by atoms with E-state index in [1.165, 1.54) is 6.92 Å². The molecule has 0 saturated heterocycles. The number of ether oxygens (including phenoxy) is 3. The second-order valence-electron chi connectivity index (χ2n) is 4.92. The van der Waals surface area contributed by atoms with Gasteiger partial charge in [-0.1, -0.05) is 18.2 Å². The molecule has 1 aromatic rings. The van der Waals surface area contributed by atoms with Crippen molar-refractivity contribution in [2.45, 2.75) is 39.6 Å². The lowest BCUT2D eigenvalue weighted by Crippen LogP contribution is -2.28. The van der Waals surface area contributed by atoms with Crippen molar-refractivity contribution in [2.24, 2.45) is 0 Å². The van der Waals surface area contributed by atoms with E-state index in [1.54, 1.807) is 51.1 Å². The van der Waals surface area contributed by atoms with Crippen LogP contribution in [-0.2, 0) is 14.2 Å². The van der Waals surface area contributed by atoms with Gasteiger partial charge >= 0.3 is 12.1 Å². The van der Waals surface area contributed by atoms with Gasteiger partial charge in [-0.15, -0.1) is 0 Å². The van der Waals surface area contributed by atoms with Crippen LogP contribution in [0.2, 0.25) is 0 Å². The van der Waals surface area contributed by atoms with Gasteiger partial charge in [0.25, 0.3) is 0 Å². The summed E-state index contributed by atoms with van der Waals surface area (Å²) in [6, 6.07) is 8.45. The number of hydrogen-bond acceptors (Lipinski definition) is 5. The summed E-state index contributed by atoms with van der Waals surface area (Å²) >= 11 is 0. The average Bonchev–Trinajstić information content (AvgIpc) is 2.27. The highest BCUT2D eigenvalue weighted by molar-refractivity contribution is 5.89. The Kier molecular flexibility index (Phi) is 4.92. The Morgan fingerprint density at radius 2 is 1.63 bits per heavy atom. The van der Waals surface area contributed by atoms with Gasteiger partial charge in [0.2, 0.25) is 6.29 Å². The van der Waals surface area contributed by atoms with Crippen molar-refractivity contribution in [3.63, 3.8) is 0 Å². The number of carbonyl (C=O) groups excluding carboxylic acids is 2. The molecule has 1 atom stereocenters. The first-order valence-electron chi connectivity index (χ1n) is 5.93. The first kappa shape index (κ1) is 15.0. The number of carbonyl (C=O) groups is 2. The van der Waals surface area contributed by atoms with Gasteiger partial charge in [0.15, 0.2) is 0 Å². The molecule has 0 amide bonds. The van der Waals surface area contributed by atoms with Gasteiger partial charge in [0, 0.05) is 6.92 Å². The van der Waals surface area contributed by atoms with Crippen LogP contribution in [0.1, 0.15) is 38.1 Å². The fourth-order valence-electron chi connectivity index (χ4n) is 1.23. The first-order valence-corrected chi connectivity index (χ1v) is 5.93. The predicted octanol–water partition coefficient (Wildman–Crippen LogP) is 3.14. The van der Waals surface area contributed by atoms with Crippen LogP contribution in [-0.4, -0.2) is 24.0 Å². The highest BCUT2D eigenvalue weighted by Crippen LogP contribution is 2.10. The van der Waals surface area contributed by atoms with E-state index < -0.39 is 24.0 Å². The maximum absolute atomic E-state index is 11.7. The summed E-state index contributed by atoms with van der Waals surface area (Å²) in [7, 11) is 0. The third kappa shape index (κ3) is 5.90. The molecule has 1 aromatic carbocycles. The molecule has 19 heavy (non-hydrogen) atoms. The van der Waals surface area contributed by atoms with Gasteiger partial charge in [-0.05, 0) is 32.9 Å². The molecule has 0 saturated carbocycles. The van der Waals surface area contributed by atoms with Gasteiger partial charge < -0.3 is 14.2 Å². The Hall–Kier alpha value is -2.04. The molecule has 0 aliphatic carbocycles. The van der Waals surface area contributed by atoms with Crippen LogP contribution >= 0.6 is 0 Å². The molecule has 0 heterocycles. The van der Waals surface area contributed by atoms with Crippen molar-refractivity contribution in [2.75, 3.05) is 0 Å². The summed E-state index contributed by atoms with van der Waals surface area (Å²) in [5, 5.41) is 0. The largest absolute Gasteiger partial charge is 0.511 e. The van der Waals surface area contributed by atoms with E-state index in [2.05, 4.69) is 0 Å². The summed E-state index contributed by atoms with van der Waals surface area (Å²) in [6.45, 7) is 6.60. The third-order valence-corrected chi connectivity index (χ3v) is 1.93. The molecular weight excluding hydrogens is 248 g/mol. The fraction of sp³-hybridized carbons (Fsp3) is 0.429. The number of hydrogen-bond donors (Lipinski definition) is 0. The smallest absolute Gasteiger partial charge is 0.428 e. The first-order chi connectivity index (χ1) is 8.78. The van der Waals surface area contributed by atoms with Gasteiger partial charge in [-0.25, -0.2) is 9.59 Å². The van der Waals surface area contributed by atoms with Crippen molar-refractivity contribution in [3.8, 4) is 0 Å². The highest BCUT2D eigenvalue weighted by atomic mass is 16.8. The lowest BCUT2D eigenvalue weighted by molar-refractivity contribution is -0.0975. The minimum Gasteiger partial charge on any atom is -0.428 e. The molecule has 1 rings (SSSR count). The normalized spacial score (nSPS) is 12.4. The van der Waals surface area contributed by atoms with Crippen LogP contribution in [0.3, 0.4) is 0 Å². The van der Waals surface area contributed by atoms with E-state index in [0.717, 1.165) is 0 Å². The molecule has 0 N–H and O–H groups in total. The van der Waals surface area contributed by atoms with E-state index in [4.69, 9.17) is 14.2 Å². The van der Waals surface area contributed by atoms with Crippen molar-refractivity contribution in [1.29, 1.82) is 0 Å². The second-order valence-corrected chi connectivity index (χ2v) is 4.92. The average molecular weight is 266 g/mol. The van der Waals surface area contributed by atoms with Crippen molar-refractivity contribution < 1.29 is 23.8 Å². The quantitative estimate of drug-likeness (QED) is 0.621. The maximum atomic E-state index is 11.7. The van der Waals surface area contributed by atoms with Crippen LogP contribution in [0.5, 0.6) is 0 Å². The van der Waals surface area contributed by atoms with Crippen LogP contribution in [0, 0.1) is 0 Å². The molecule has 5 nitrogen and oxygen atoms in total. The Morgan fingerprint density at radius 3 is 2.16 bits per heavy atom. The topological polar surface area (TPSA) is 61.8 Å². The van der Waals surface area contributed by atoms with Gasteiger partial charge in [-0.2, -0.15) is 0 Å². The summed E-state index contributed by atoms with van der Waals surface area (Å²) in [4.78, 5) is 23.0. The van der Waals surface area contributed by atoms with E-state index in [0.29, 0.717) is 5.56 Å². The minimum absolute atomic E-state index is 0.391. The summed E-state index contributed by atoms with van der Waals surface area (Å²) in [6.07, 6.45) is -1.89. The summed E-state index contributed by atoms with van der Waals surface area (Å²) in [5.41, 5.74) is -0.262. The molecular formula is C14H18O5. The SMILES string of the molecule is CC(OC(=O)OC(C)(C)C)OC(=O)c1ccccc1. The monoisotopic (exact) mass is 266 g/mol. The van der Waals surface area contributed by atoms with Gasteiger partial charge in [0.05, 0.1) is 5.56 Å². The molecule has 0 aliphatic rings. The Balaban J connectivity index is 2.45. The Bertz CT molecular complexity index is 433. The highest BCUT2D eigenvalue weighted by Gasteiger charge is 2.21. The molecule has 5 heteroatoms. The van der Waals surface area contributed by atoms with Crippen LogP contribution in [0.4, 0.5) is 4.79 Å². The fourth-order valence-corrected chi connectivity index (χ4v) is 1.23. The zero-order chi connectivity index (χ0) is 14.5.